The smallest absolute Gasteiger partial charge is 0.545 e. The molecule has 22 heavy (non-hydrogen) atoms. The van der Waals surface area contributed by atoms with Gasteiger partial charge in [0.1, 0.15) is 12.4 Å². The third-order valence-corrected chi connectivity index (χ3v) is 3.22. The number of hydrogen-bond donors (Lipinski definition) is 0. The third-order valence-electron chi connectivity index (χ3n) is 3.22. The van der Waals surface area contributed by atoms with Crippen LogP contribution >= 0.6 is 0 Å². The third kappa shape index (κ3) is 3.65. The number of hydrogen-bond acceptors (Lipinski definition) is 4. The van der Waals surface area contributed by atoms with Gasteiger partial charge in [0, 0.05) is 17.1 Å². The number of carbonyl (C=O) groups is 1. The van der Waals surface area contributed by atoms with E-state index in [0.29, 0.717) is 12.4 Å². The van der Waals surface area contributed by atoms with Gasteiger partial charge in [-0.3, -0.25) is 4.98 Å². The zero-order valence-corrected chi connectivity index (χ0v) is 14.2. The van der Waals surface area contributed by atoms with Gasteiger partial charge in [0.25, 0.3) is 0 Å². The summed E-state index contributed by atoms with van der Waals surface area (Å²) in [6.07, 6.45) is 1.75. The molecule has 3 aromatic rings. The molecule has 0 radical (unpaired) electrons. The maximum absolute atomic E-state index is 10.7. The van der Waals surface area contributed by atoms with Crippen LogP contribution in [-0.2, 0) is 6.61 Å². The molecule has 5 heteroatoms. The van der Waals surface area contributed by atoms with Gasteiger partial charge in [-0.25, -0.2) is 0 Å². The van der Waals surface area contributed by atoms with Crippen molar-refractivity contribution in [2.75, 3.05) is 0 Å². The topological polar surface area (TPSA) is 62.2 Å². The number of carboxylic acids is 1. The van der Waals surface area contributed by atoms with Crippen LogP contribution in [0.25, 0.3) is 10.9 Å². The number of fused-ring (bicyclic) bond motifs is 1. The van der Waals surface area contributed by atoms with Crippen molar-refractivity contribution >= 4 is 16.9 Å². The normalized spacial score (nSPS) is 10.0. The molecule has 0 fully saturated rings. The molecular formula is C17H12NNaO3. The van der Waals surface area contributed by atoms with Crippen LogP contribution in [0.3, 0.4) is 0 Å². The first-order valence-corrected chi connectivity index (χ1v) is 6.51. The van der Waals surface area contributed by atoms with Crippen molar-refractivity contribution in [2.45, 2.75) is 6.61 Å². The first-order chi connectivity index (χ1) is 10.2. The van der Waals surface area contributed by atoms with Gasteiger partial charge in [0.15, 0.2) is 0 Å². The summed E-state index contributed by atoms with van der Waals surface area (Å²) in [6, 6.07) is 15.9. The maximum atomic E-state index is 10.7. The van der Waals surface area contributed by atoms with E-state index in [0.717, 1.165) is 16.5 Å². The molecule has 0 N–H and O–H groups in total. The Kier molecular flexibility index (Phi) is 5.55. The monoisotopic (exact) mass is 301 g/mol. The molecule has 0 aliphatic rings. The first-order valence-electron chi connectivity index (χ1n) is 6.51. The maximum Gasteiger partial charge on any atom is 1.00 e. The van der Waals surface area contributed by atoms with E-state index in [2.05, 4.69) is 4.98 Å². The van der Waals surface area contributed by atoms with E-state index in [1.165, 1.54) is 12.1 Å². The summed E-state index contributed by atoms with van der Waals surface area (Å²) in [4.78, 5) is 15.0. The largest absolute Gasteiger partial charge is 1.00 e. The van der Waals surface area contributed by atoms with Crippen molar-refractivity contribution in [3.8, 4) is 5.75 Å². The standard InChI is InChI=1S/C17H13NO3.Na/c19-17(20)12-5-7-14(8-6-12)21-11-13-9-10-18-16-4-2-1-3-15(13)16;/h1-10H,11H2,(H,19,20);/q;+1/p-1. The summed E-state index contributed by atoms with van der Waals surface area (Å²) in [5.41, 5.74) is 2.09. The van der Waals surface area contributed by atoms with E-state index in [9.17, 15) is 9.90 Å². The Morgan fingerprint density at radius 3 is 2.50 bits per heavy atom. The molecule has 104 valence electrons. The van der Waals surface area contributed by atoms with Gasteiger partial charge in [-0.1, -0.05) is 18.2 Å². The fourth-order valence-corrected chi connectivity index (χ4v) is 2.13. The summed E-state index contributed by atoms with van der Waals surface area (Å²) >= 11 is 0. The Bertz CT molecular complexity index is 782. The van der Waals surface area contributed by atoms with Gasteiger partial charge in [-0.05, 0) is 42.0 Å². The van der Waals surface area contributed by atoms with Crippen LogP contribution in [0.4, 0.5) is 0 Å². The van der Waals surface area contributed by atoms with Crippen molar-refractivity contribution in [1.29, 1.82) is 0 Å². The fraction of sp³-hybridized carbons (Fsp3) is 0.0588. The van der Waals surface area contributed by atoms with E-state index < -0.39 is 5.97 Å². The van der Waals surface area contributed by atoms with Crippen LogP contribution in [0.2, 0.25) is 0 Å². The summed E-state index contributed by atoms with van der Waals surface area (Å²) in [5.74, 6) is -0.581. The Morgan fingerprint density at radius 1 is 1.05 bits per heavy atom. The van der Waals surface area contributed by atoms with E-state index in [1.54, 1.807) is 18.3 Å². The predicted molar refractivity (Wildman–Crippen MR) is 76.8 cm³/mol. The summed E-state index contributed by atoms with van der Waals surface area (Å²) in [5, 5.41) is 11.7. The Morgan fingerprint density at radius 2 is 1.77 bits per heavy atom. The van der Waals surface area contributed by atoms with Crippen molar-refractivity contribution in [3.05, 3.63) is 71.9 Å². The van der Waals surface area contributed by atoms with Gasteiger partial charge in [0.2, 0.25) is 0 Å². The number of benzene rings is 2. The van der Waals surface area contributed by atoms with Gasteiger partial charge in [-0.2, -0.15) is 0 Å². The first kappa shape index (κ1) is 16.5. The van der Waals surface area contributed by atoms with Crippen LogP contribution in [0.1, 0.15) is 15.9 Å². The van der Waals surface area contributed by atoms with Gasteiger partial charge in [0.05, 0.1) is 11.5 Å². The van der Waals surface area contributed by atoms with E-state index in [4.69, 9.17) is 4.74 Å². The minimum Gasteiger partial charge on any atom is -0.545 e. The summed E-state index contributed by atoms with van der Waals surface area (Å²) in [7, 11) is 0. The molecule has 3 rings (SSSR count). The summed E-state index contributed by atoms with van der Waals surface area (Å²) < 4.78 is 5.69. The van der Waals surface area contributed by atoms with Crippen molar-refractivity contribution in [3.63, 3.8) is 0 Å². The molecule has 4 nitrogen and oxygen atoms in total. The number of aromatic nitrogens is 1. The van der Waals surface area contributed by atoms with Crippen molar-refractivity contribution in [1.82, 2.24) is 4.98 Å². The Balaban J connectivity index is 0.00000176. The Hall–Kier alpha value is -1.88. The zero-order valence-electron chi connectivity index (χ0n) is 12.2. The number of ether oxygens (including phenoxy) is 1. The molecular weight excluding hydrogens is 289 g/mol. The van der Waals surface area contributed by atoms with Gasteiger partial charge >= 0.3 is 29.6 Å². The molecule has 1 heterocycles. The SMILES string of the molecule is O=C([O-])c1ccc(OCc2ccnc3ccccc23)cc1.[Na+]. The average molecular weight is 301 g/mol. The molecule has 0 atom stereocenters. The minimum absolute atomic E-state index is 0. The van der Waals surface area contributed by atoms with Crippen LogP contribution in [0.5, 0.6) is 5.75 Å². The summed E-state index contributed by atoms with van der Waals surface area (Å²) in [6.45, 7) is 0.397. The molecule has 1 aromatic heterocycles. The molecule has 0 amide bonds. The van der Waals surface area contributed by atoms with E-state index >= 15 is 0 Å². The van der Waals surface area contributed by atoms with Crippen LogP contribution in [0, 0.1) is 0 Å². The average Bonchev–Trinajstić information content (AvgIpc) is 2.53. The molecule has 2 aromatic carbocycles. The molecule has 0 spiro atoms. The molecule has 0 aliphatic carbocycles. The molecule has 0 saturated carbocycles. The van der Waals surface area contributed by atoms with Crippen LogP contribution < -0.4 is 39.4 Å². The molecule has 0 bridgehead atoms. The second-order valence-electron chi connectivity index (χ2n) is 4.59. The number of carbonyl (C=O) groups excluding carboxylic acids is 1. The predicted octanol–water partition coefficient (Wildman–Crippen LogP) is -0.819. The van der Waals surface area contributed by atoms with Gasteiger partial charge < -0.3 is 14.6 Å². The molecule has 0 unspecified atom stereocenters. The molecule has 0 aliphatic heterocycles. The fourth-order valence-electron chi connectivity index (χ4n) is 2.13. The molecule has 0 saturated heterocycles. The van der Waals surface area contributed by atoms with Crippen molar-refractivity contribution in [2.24, 2.45) is 0 Å². The number of nitrogens with zero attached hydrogens (tertiary/aromatic N) is 1. The number of para-hydroxylation sites is 1. The number of rotatable bonds is 4. The van der Waals surface area contributed by atoms with Crippen molar-refractivity contribution < 1.29 is 44.2 Å². The zero-order chi connectivity index (χ0) is 14.7. The van der Waals surface area contributed by atoms with Crippen LogP contribution in [-0.4, -0.2) is 11.0 Å². The minimum atomic E-state index is -1.19. The number of carboxylic acid groups (broad SMARTS) is 1. The van der Waals surface area contributed by atoms with E-state index in [-0.39, 0.29) is 35.1 Å². The second kappa shape index (κ2) is 7.40. The number of pyridine rings is 1. The van der Waals surface area contributed by atoms with Crippen LogP contribution in [0.15, 0.2) is 60.8 Å². The quantitative estimate of drug-likeness (QED) is 0.591. The van der Waals surface area contributed by atoms with E-state index in [1.807, 2.05) is 30.3 Å². The van der Waals surface area contributed by atoms with Gasteiger partial charge in [-0.15, -0.1) is 0 Å². The number of aromatic carboxylic acids is 1. The second-order valence-corrected chi connectivity index (χ2v) is 4.59. The Labute approximate surface area is 150 Å².